The van der Waals surface area contributed by atoms with E-state index in [0.29, 0.717) is 21.8 Å². The Morgan fingerprint density at radius 1 is 1.28 bits per heavy atom. The first kappa shape index (κ1) is 20.3. The predicted octanol–water partition coefficient (Wildman–Crippen LogP) is 3.15. The lowest BCUT2D eigenvalue weighted by Gasteiger charge is -2.10. The summed E-state index contributed by atoms with van der Waals surface area (Å²) in [7, 11) is 1.54. The standard InChI is InChI=1S/C20H19N3O5S/c1-4-6-15(24)21-18-16-14(11-29-18)17(20(26)28-5-2)22-23(19(16)25)12-7-9-13(27-3)10-8-12/h4,6-11H,5H2,1-3H3,(H,21,24)/b6-4-. The molecule has 9 heteroatoms. The maximum atomic E-state index is 13.2. The monoisotopic (exact) mass is 413 g/mol. The zero-order chi connectivity index (χ0) is 21.0. The number of benzene rings is 1. The Bertz CT molecular complexity index is 1150. The molecule has 29 heavy (non-hydrogen) atoms. The van der Waals surface area contributed by atoms with Crippen LogP contribution in [-0.2, 0) is 9.53 Å². The van der Waals surface area contributed by atoms with Gasteiger partial charge in [-0.05, 0) is 44.2 Å². The van der Waals surface area contributed by atoms with Crippen molar-refractivity contribution in [2.24, 2.45) is 0 Å². The number of anilines is 1. The second kappa shape index (κ2) is 8.70. The number of carbonyl (C=O) groups excluding carboxylic acids is 2. The number of fused-ring (bicyclic) bond motifs is 1. The highest BCUT2D eigenvalue weighted by Gasteiger charge is 2.22. The molecular weight excluding hydrogens is 394 g/mol. The highest BCUT2D eigenvalue weighted by atomic mass is 32.1. The van der Waals surface area contributed by atoms with E-state index in [1.54, 1.807) is 49.6 Å². The second-order valence-electron chi connectivity index (χ2n) is 5.83. The first-order valence-corrected chi connectivity index (χ1v) is 9.67. The number of carbonyl (C=O) groups is 2. The van der Waals surface area contributed by atoms with Crippen LogP contribution in [0.4, 0.5) is 5.00 Å². The molecule has 0 spiro atoms. The molecule has 3 rings (SSSR count). The van der Waals surface area contributed by atoms with Gasteiger partial charge in [-0.3, -0.25) is 9.59 Å². The van der Waals surface area contributed by atoms with Crippen LogP contribution in [0.15, 0.2) is 46.6 Å². The Morgan fingerprint density at radius 2 is 2.00 bits per heavy atom. The fourth-order valence-electron chi connectivity index (χ4n) is 2.70. The molecule has 0 bridgehead atoms. The molecule has 0 atom stereocenters. The van der Waals surface area contributed by atoms with Crippen molar-refractivity contribution in [2.45, 2.75) is 13.8 Å². The molecule has 8 nitrogen and oxygen atoms in total. The number of aromatic nitrogens is 2. The topological polar surface area (TPSA) is 99.5 Å². The fourth-order valence-corrected chi connectivity index (χ4v) is 3.64. The predicted molar refractivity (Wildman–Crippen MR) is 111 cm³/mol. The van der Waals surface area contributed by atoms with Gasteiger partial charge in [0.2, 0.25) is 5.91 Å². The van der Waals surface area contributed by atoms with Gasteiger partial charge in [-0.25, -0.2) is 4.79 Å². The average Bonchev–Trinajstić information content (AvgIpc) is 3.13. The van der Waals surface area contributed by atoms with E-state index < -0.39 is 11.5 Å². The van der Waals surface area contributed by atoms with Crippen molar-refractivity contribution >= 4 is 39.0 Å². The minimum atomic E-state index is -0.649. The number of rotatable bonds is 6. The number of hydrogen-bond donors (Lipinski definition) is 1. The molecule has 3 aromatic rings. The van der Waals surface area contributed by atoms with Gasteiger partial charge in [-0.2, -0.15) is 9.78 Å². The summed E-state index contributed by atoms with van der Waals surface area (Å²) in [6.45, 7) is 3.56. The van der Waals surface area contributed by atoms with Crippen molar-refractivity contribution < 1.29 is 19.1 Å². The van der Waals surface area contributed by atoms with Crippen molar-refractivity contribution in [3.8, 4) is 11.4 Å². The van der Waals surface area contributed by atoms with Crippen LogP contribution in [0.5, 0.6) is 5.75 Å². The van der Waals surface area contributed by atoms with E-state index in [4.69, 9.17) is 9.47 Å². The smallest absolute Gasteiger partial charge is 0.359 e. The van der Waals surface area contributed by atoms with Gasteiger partial charge < -0.3 is 14.8 Å². The first-order valence-electron chi connectivity index (χ1n) is 8.79. The number of nitrogens with one attached hydrogen (secondary N) is 1. The fraction of sp³-hybridized carbons (Fsp3) is 0.200. The van der Waals surface area contributed by atoms with E-state index in [-0.39, 0.29) is 23.6 Å². The van der Waals surface area contributed by atoms with Gasteiger partial charge in [-0.15, -0.1) is 11.3 Å². The molecule has 150 valence electrons. The van der Waals surface area contributed by atoms with E-state index >= 15 is 0 Å². The molecule has 0 aliphatic heterocycles. The van der Waals surface area contributed by atoms with Crippen LogP contribution < -0.4 is 15.6 Å². The average molecular weight is 413 g/mol. The summed E-state index contributed by atoms with van der Waals surface area (Å²) >= 11 is 1.14. The summed E-state index contributed by atoms with van der Waals surface area (Å²) in [4.78, 5) is 37.7. The lowest BCUT2D eigenvalue weighted by molar-refractivity contribution is -0.111. The van der Waals surface area contributed by atoms with Crippen LogP contribution in [0.3, 0.4) is 0 Å². The number of ether oxygens (including phenoxy) is 2. The van der Waals surface area contributed by atoms with Crippen molar-refractivity contribution in [1.29, 1.82) is 0 Å². The number of esters is 1. The second-order valence-corrected chi connectivity index (χ2v) is 6.71. The molecular formula is C20H19N3O5S. The molecule has 0 aliphatic rings. The molecule has 0 unspecified atom stereocenters. The van der Waals surface area contributed by atoms with E-state index in [1.807, 2.05) is 0 Å². The number of amides is 1. The van der Waals surface area contributed by atoms with Crippen LogP contribution in [0.1, 0.15) is 24.3 Å². The molecule has 0 radical (unpaired) electrons. The largest absolute Gasteiger partial charge is 0.497 e. The molecule has 1 aromatic carbocycles. The van der Waals surface area contributed by atoms with E-state index in [2.05, 4.69) is 10.4 Å². The summed E-state index contributed by atoms with van der Waals surface area (Å²) < 4.78 is 11.4. The number of nitrogens with zero attached hydrogens (tertiary/aromatic N) is 2. The van der Waals surface area contributed by atoms with E-state index in [0.717, 1.165) is 16.0 Å². The summed E-state index contributed by atoms with van der Waals surface area (Å²) in [5.74, 6) is -0.409. The quantitative estimate of drug-likeness (QED) is 0.492. The Balaban J connectivity index is 2.25. The third-order valence-corrected chi connectivity index (χ3v) is 4.89. The normalized spacial score (nSPS) is 11.0. The maximum absolute atomic E-state index is 13.2. The van der Waals surface area contributed by atoms with Crippen LogP contribution >= 0.6 is 11.3 Å². The Hall–Kier alpha value is -3.46. The van der Waals surface area contributed by atoms with Gasteiger partial charge in [0, 0.05) is 10.8 Å². The Kier molecular flexibility index (Phi) is 6.08. The van der Waals surface area contributed by atoms with Crippen molar-refractivity contribution in [1.82, 2.24) is 9.78 Å². The number of thiophene rings is 1. The third kappa shape index (κ3) is 4.04. The van der Waals surface area contributed by atoms with Crippen molar-refractivity contribution in [3.05, 3.63) is 57.8 Å². The lowest BCUT2D eigenvalue weighted by atomic mass is 10.2. The first-order chi connectivity index (χ1) is 14.0. The van der Waals surface area contributed by atoms with Gasteiger partial charge >= 0.3 is 5.97 Å². The highest BCUT2D eigenvalue weighted by Crippen LogP contribution is 2.30. The number of methoxy groups -OCH3 is 1. The minimum absolute atomic E-state index is 0.0000469. The van der Waals surface area contributed by atoms with E-state index in [9.17, 15) is 14.4 Å². The Labute approximate surface area is 170 Å². The van der Waals surface area contributed by atoms with Crippen LogP contribution in [0.25, 0.3) is 16.5 Å². The lowest BCUT2D eigenvalue weighted by Crippen LogP contribution is -2.25. The van der Waals surface area contributed by atoms with Crippen molar-refractivity contribution in [3.63, 3.8) is 0 Å². The Morgan fingerprint density at radius 3 is 2.62 bits per heavy atom. The molecule has 1 N–H and O–H groups in total. The molecule has 0 saturated heterocycles. The third-order valence-electron chi connectivity index (χ3n) is 3.99. The molecule has 2 heterocycles. The van der Waals surface area contributed by atoms with E-state index in [1.165, 1.54) is 13.2 Å². The van der Waals surface area contributed by atoms with Gasteiger partial charge in [0.1, 0.15) is 10.8 Å². The zero-order valence-corrected chi connectivity index (χ0v) is 16.9. The summed E-state index contributed by atoms with van der Waals surface area (Å²) in [6.07, 6.45) is 2.94. The summed E-state index contributed by atoms with van der Waals surface area (Å²) in [6, 6.07) is 6.66. The van der Waals surface area contributed by atoms with Crippen LogP contribution in [0, 0.1) is 0 Å². The van der Waals surface area contributed by atoms with Gasteiger partial charge in [0.15, 0.2) is 5.69 Å². The van der Waals surface area contributed by atoms with Gasteiger partial charge in [0.05, 0.1) is 24.8 Å². The zero-order valence-electron chi connectivity index (χ0n) is 16.1. The number of hydrogen-bond acceptors (Lipinski definition) is 7. The molecule has 0 aliphatic carbocycles. The summed E-state index contributed by atoms with van der Waals surface area (Å²) in [5.41, 5.74) is -0.0181. The molecule has 0 fully saturated rings. The van der Waals surface area contributed by atoms with Crippen molar-refractivity contribution in [2.75, 3.05) is 19.0 Å². The maximum Gasteiger partial charge on any atom is 0.359 e. The molecule has 0 saturated carbocycles. The minimum Gasteiger partial charge on any atom is -0.497 e. The summed E-state index contributed by atoms with van der Waals surface area (Å²) in [5, 5.41) is 9.40. The van der Waals surface area contributed by atoms with Crippen LogP contribution in [0.2, 0.25) is 0 Å². The molecule has 2 aromatic heterocycles. The molecule has 1 amide bonds. The SMILES string of the molecule is C/C=C\C(=O)Nc1scc2c(C(=O)OCC)nn(-c3ccc(OC)cc3)c(=O)c12. The highest BCUT2D eigenvalue weighted by molar-refractivity contribution is 7.16. The van der Waals surface area contributed by atoms with Gasteiger partial charge in [0.25, 0.3) is 5.56 Å². The number of allylic oxidation sites excluding steroid dienone is 1. The van der Waals surface area contributed by atoms with Crippen LogP contribution in [-0.4, -0.2) is 35.4 Å². The van der Waals surface area contributed by atoms with Gasteiger partial charge in [-0.1, -0.05) is 6.08 Å².